The number of rotatable bonds is 5. The first kappa shape index (κ1) is 13.9. The standard InChI is InChI=1S/C15H22N2O2/c1-11(2)10-19-8-7-17-14-5-4-13(16)9-12(14)3-6-15(17)18/h4-5,9,11H,3,6-8,10,16H2,1-2H3. The summed E-state index contributed by atoms with van der Waals surface area (Å²) in [6.45, 7) is 6.15. The number of amides is 1. The van der Waals surface area contributed by atoms with Crippen molar-refractivity contribution in [1.82, 2.24) is 0 Å². The summed E-state index contributed by atoms with van der Waals surface area (Å²) in [5, 5.41) is 0. The molecule has 0 aliphatic carbocycles. The van der Waals surface area contributed by atoms with Gasteiger partial charge in [-0.2, -0.15) is 0 Å². The van der Waals surface area contributed by atoms with Crippen molar-refractivity contribution in [1.29, 1.82) is 0 Å². The Labute approximate surface area is 114 Å². The highest BCUT2D eigenvalue weighted by molar-refractivity contribution is 5.96. The maximum absolute atomic E-state index is 12.0. The summed E-state index contributed by atoms with van der Waals surface area (Å²) in [5.41, 5.74) is 8.68. The van der Waals surface area contributed by atoms with Crippen LogP contribution in [0.1, 0.15) is 25.8 Å². The second-order valence-electron chi connectivity index (χ2n) is 5.40. The predicted octanol–water partition coefficient (Wildman–Crippen LogP) is 2.22. The van der Waals surface area contributed by atoms with Crippen LogP contribution in [0.15, 0.2) is 18.2 Å². The van der Waals surface area contributed by atoms with E-state index in [1.54, 1.807) is 0 Å². The van der Waals surface area contributed by atoms with Crippen LogP contribution < -0.4 is 10.6 Å². The van der Waals surface area contributed by atoms with Gasteiger partial charge in [0.1, 0.15) is 0 Å². The van der Waals surface area contributed by atoms with Crippen LogP contribution in [0.5, 0.6) is 0 Å². The number of carbonyl (C=O) groups is 1. The van der Waals surface area contributed by atoms with Crippen LogP contribution in [0.2, 0.25) is 0 Å². The largest absolute Gasteiger partial charge is 0.399 e. The lowest BCUT2D eigenvalue weighted by molar-refractivity contribution is -0.119. The summed E-state index contributed by atoms with van der Waals surface area (Å²) in [4.78, 5) is 13.8. The molecule has 0 atom stereocenters. The van der Waals surface area contributed by atoms with Crippen LogP contribution in [-0.4, -0.2) is 25.7 Å². The average Bonchev–Trinajstić information content (AvgIpc) is 2.36. The monoisotopic (exact) mass is 262 g/mol. The number of nitrogen functional groups attached to an aromatic ring is 1. The number of hydrogen-bond donors (Lipinski definition) is 1. The molecule has 1 aliphatic heterocycles. The maximum Gasteiger partial charge on any atom is 0.227 e. The van der Waals surface area contributed by atoms with Crippen LogP contribution in [-0.2, 0) is 16.0 Å². The Morgan fingerprint density at radius 1 is 1.37 bits per heavy atom. The summed E-state index contributed by atoms with van der Waals surface area (Å²) in [6, 6.07) is 5.74. The summed E-state index contributed by atoms with van der Waals surface area (Å²) < 4.78 is 5.57. The zero-order valence-corrected chi connectivity index (χ0v) is 11.7. The van der Waals surface area contributed by atoms with E-state index in [1.807, 2.05) is 23.1 Å². The van der Waals surface area contributed by atoms with Crippen LogP contribution in [0.25, 0.3) is 0 Å². The number of hydrogen-bond acceptors (Lipinski definition) is 3. The molecule has 1 aliphatic rings. The van der Waals surface area contributed by atoms with Gasteiger partial charge in [-0.05, 0) is 36.1 Å². The van der Waals surface area contributed by atoms with Gasteiger partial charge in [0.05, 0.1) is 6.61 Å². The van der Waals surface area contributed by atoms with E-state index in [0.717, 1.165) is 30.0 Å². The van der Waals surface area contributed by atoms with Gasteiger partial charge in [-0.15, -0.1) is 0 Å². The van der Waals surface area contributed by atoms with Gasteiger partial charge in [0.25, 0.3) is 0 Å². The lowest BCUT2D eigenvalue weighted by Crippen LogP contribution is -2.37. The SMILES string of the molecule is CC(C)COCCN1C(=O)CCc2cc(N)ccc21. The topological polar surface area (TPSA) is 55.6 Å². The number of nitrogens with zero attached hydrogens (tertiary/aromatic N) is 1. The van der Waals surface area contributed by atoms with Crippen molar-refractivity contribution < 1.29 is 9.53 Å². The molecule has 4 nitrogen and oxygen atoms in total. The summed E-state index contributed by atoms with van der Waals surface area (Å²) in [5.74, 6) is 0.689. The molecule has 2 N–H and O–H groups in total. The molecule has 2 rings (SSSR count). The van der Waals surface area contributed by atoms with Crippen molar-refractivity contribution in [2.45, 2.75) is 26.7 Å². The van der Waals surface area contributed by atoms with Crippen molar-refractivity contribution in [2.75, 3.05) is 30.4 Å². The zero-order chi connectivity index (χ0) is 13.8. The van der Waals surface area contributed by atoms with E-state index in [-0.39, 0.29) is 5.91 Å². The Kier molecular flexibility index (Phi) is 4.43. The number of fused-ring (bicyclic) bond motifs is 1. The summed E-state index contributed by atoms with van der Waals surface area (Å²) in [7, 11) is 0. The van der Waals surface area contributed by atoms with Gasteiger partial charge in [-0.1, -0.05) is 13.8 Å². The third-order valence-electron chi connectivity index (χ3n) is 3.21. The fourth-order valence-electron chi connectivity index (χ4n) is 2.30. The van der Waals surface area contributed by atoms with Crippen molar-refractivity contribution in [3.63, 3.8) is 0 Å². The lowest BCUT2D eigenvalue weighted by Gasteiger charge is -2.29. The van der Waals surface area contributed by atoms with E-state index >= 15 is 0 Å². The molecule has 0 saturated heterocycles. The molecule has 4 heteroatoms. The smallest absolute Gasteiger partial charge is 0.227 e. The first-order valence-electron chi connectivity index (χ1n) is 6.84. The van der Waals surface area contributed by atoms with E-state index in [0.29, 0.717) is 25.5 Å². The Morgan fingerprint density at radius 2 is 2.16 bits per heavy atom. The van der Waals surface area contributed by atoms with E-state index in [1.165, 1.54) is 0 Å². The highest BCUT2D eigenvalue weighted by Crippen LogP contribution is 2.29. The Balaban J connectivity index is 2.02. The molecule has 0 aromatic heterocycles. The molecule has 0 bridgehead atoms. The molecule has 0 saturated carbocycles. The highest BCUT2D eigenvalue weighted by atomic mass is 16.5. The molecule has 104 valence electrons. The minimum atomic E-state index is 0.172. The molecule has 1 aromatic carbocycles. The van der Waals surface area contributed by atoms with Gasteiger partial charge in [-0.25, -0.2) is 0 Å². The molecule has 1 aromatic rings. The number of ether oxygens (including phenoxy) is 1. The molecule has 1 amide bonds. The minimum absolute atomic E-state index is 0.172. The minimum Gasteiger partial charge on any atom is -0.399 e. The fraction of sp³-hybridized carbons (Fsp3) is 0.533. The first-order chi connectivity index (χ1) is 9.08. The fourth-order valence-corrected chi connectivity index (χ4v) is 2.30. The van der Waals surface area contributed by atoms with E-state index in [2.05, 4.69) is 13.8 Å². The molecule has 19 heavy (non-hydrogen) atoms. The van der Waals surface area contributed by atoms with Crippen LogP contribution in [0.4, 0.5) is 11.4 Å². The number of carbonyl (C=O) groups excluding carboxylic acids is 1. The van der Waals surface area contributed by atoms with Crippen LogP contribution in [0.3, 0.4) is 0 Å². The third-order valence-corrected chi connectivity index (χ3v) is 3.21. The van der Waals surface area contributed by atoms with Crippen LogP contribution >= 0.6 is 0 Å². The highest BCUT2D eigenvalue weighted by Gasteiger charge is 2.23. The van der Waals surface area contributed by atoms with E-state index in [4.69, 9.17) is 10.5 Å². The second kappa shape index (κ2) is 6.06. The van der Waals surface area contributed by atoms with Gasteiger partial charge in [0.2, 0.25) is 5.91 Å². The van der Waals surface area contributed by atoms with Crippen molar-refractivity contribution in [3.05, 3.63) is 23.8 Å². The van der Waals surface area contributed by atoms with Gasteiger partial charge in [0.15, 0.2) is 0 Å². The normalized spacial score (nSPS) is 14.9. The van der Waals surface area contributed by atoms with Gasteiger partial charge < -0.3 is 15.4 Å². The molecular weight excluding hydrogens is 240 g/mol. The number of nitrogens with two attached hydrogens (primary N) is 1. The Morgan fingerprint density at radius 3 is 2.89 bits per heavy atom. The van der Waals surface area contributed by atoms with Gasteiger partial charge in [0, 0.05) is 30.9 Å². The van der Waals surface area contributed by atoms with Crippen LogP contribution in [0, 0.1) is 5.92 Å². The first-order valence-corrected chi connectivity index (χ1v) is 6.84. The lowest BCUT2D eigenvalue weighted by atomic mass is 10.0. The van der Waals surface area contributed by atoms with Gasteiger partial charge in [-0.3, -0.25) is 4.79 Å². The third kappa shape index (κ3) is 3.47. The molecule has 0 unspecified atom stereocenters. The molecule has 1 heterocycles. The van der Waals surface area contributed by atoms with E-state index < -0.39 is 0 Å². The number of anilines is 2. The Bertz CT molecular complexity index is 457. The number of benzene rings is 1. The molecule has 0 fully saturated rings. The quantitative estimate of drug-likeness (QED) is 0.654. The number of aryl methyl sites for hydroxylation is 1. The second-order valence-corrected chi connectivity index (χ2v) is 5.40. The zero-order valence-electron chi connectivity index (χ0n) is 11.7. The molecule has 0 radical (unpaired) electrons. The maximum atomic E-state index is 12.0. The summed E-state index contributed by atoms with van der Waals surface area (Å²) in [6.07, 6.45) is 1.34. The molecular formula is C15H22N2O2. The predicted molar refractivity (Wildman–Crippen MR) is 77.2 cm³/mol. The van der Waals surface area contributed by atoms with Crippen molar-refractivity contribution in [3.8, 4) is 0 Å². The average molecular weight is 262 g/mol. The van der Waals surface area contributed by atoms with E-state index in [9.17, 15) is 4.79 Å². The molecule has 0 spiro atoms. The Hall–Kier alpha value is -1.55. The summed E-state index contributed by atoms with van der Waals surface area (Å²) >= 11 is 0. The van der Waals surface area contributed by atoms with Crippen molar-refractivity contribution >= 4 is 17.3 Å². The van der Waals surface area contributed by atoms with Crippen molar-refractivity contribution in [2.24, 2.45) is 5.92 Å². The van der Waals surface area contributed by atoms with Gasteiger partial charge >= 0.3 is 0 Å².